The summed E-state index contributed by atoms with van der Waals surface area (Å²) < 4.78 is 5.92. The molecule has 5 nitrogen and oxygen atoms in total. The average molecular weight is 346 g/mol. The Balaban J connectivity index is 1.34. The fourth-order valence-corrected chi connectivity index (χ4v) is 3.87. The van der Waals surface area contributed by atoms with Crippen LogP contribution in [0.3, 0.4) is 0 Å². The molecule has 2 saturated heterocycles. The van der Waals surface area contributed by atoms with Crippen LogP contribution in [0.4, 0.5) is 0 Å². The summed E-state index contributed by atoms with van der Waals surface area (Å²) in [5, 5.41) is 0. The first-order valence-corrected chi connectivity index (χ1v) is 9.65. The number of ether oxygens (including phenoxy) is 1. The lowest BCUT2D eigenvalue weighted by Gasteiger charge is -2.32. The molecule has 0 radical (unpaired) electrons. The number of aryl methyl sites for hydroxylation is 2. The highest BCUT2D eigenvalue weighted by molar-refractivity contribution is 5.77. The van der Waals surface area contributed by atoms with E-state index in [-0.39, 0.29) is 0 Å². The number of hydrogen-bond acceptors (Lipinski definition) is 3. The van der Waals surface area contributed by atoms with Gasteiger partial charge in [-0.2, -0.15) is 0 Å². The van der Waals surface area contributed by atoms with Gasteiger partial charge in [-0.05, 0) is 49.9 Å². The van der Waals surface area contributed by atoms with E-state index in [1.807, 2.05) is 4.90 Å². The number of piperazine rings is 1. The third kappa shape index (κ3) is 5.44. The Hall–Kier alpha value is -1.59. The van der Waals surface area contributed by atoms with Gasteiger partial charge in [0.15, 0.2) is 6.54 Å². The molecular formula is C20H32N3O2+. The van der Waals surface area contributed by atoms with Crippen LogP contribution in [0.15, 0.2) is 18.2 Å². The maximum atomic E-state index is 12.3. The van der Waals surface area contributed by atoms with E-state index < -0.39 is 0 Å². The molecule has 138 valence electrons. The van der Waals surface area contributed by atoms with Gasteiger partial charge in [0.1, 0.15) is 12.4 Å². The molecule has 0 atom stereocenters. The molecule has 1 aromatic rings. The van der Waals surface area contributed by atoms with Crippen molar-refractivity contribution in [2.75, 3.05) is 59.0 Å². The minimum Gasteiger partial charge on any atom is -0.492 e. The molecule has 2 fully saturated rings. The first kappa shape index (κ1) is 18.2. The third-order valence-electron chi connectivity index (χ3n) is 5.29. The second kappa shape index (κ2) is 8.68. The van der Waals surface area contributed by atoms with E-state index in [4.69, 9.17) is 4.74 Å². The normalized spacial score (nSPS) is 19.4. The highest BCUT2D eigenvalue weighted by Gasteiger charge is 2.25. The van der Waals surface area contributed by atoms with Crippen molar-refractivity contribution in [3.8, 4) is 5.75 Å². The first-order chi connectivity index (χ1) is 12.1. The Morgan fingerprint density at radius 1 is 1.04 bits per heavy atom. The molecule has 1 amide bonds. The van der Waals surface area contributed by atoms with Crippen molar-refractivity contribution in [2.24, 2.45) is 0 Å². The minimum absolute atomic E-state index is 0.346. The summed E-state index contributed by atoms with van der Waals surface area (Å²) in [6.45, 7) is 12.7. The quantitative estimate of drug-likeness (QED) is 0.815. The van der Waals surface area contributed by atoms with E-state index in [2.05, 4.69) is 36.9 Å². The van der Waals surface area contributed by atoms with Crippen LogP contribution in [0.1, 0.15) is 24.0 Å². The summed E-state index contributed by atoms with van der Waals surface area (Å²) in [6.07, 6.45) is 2.35. The van der Waals surface area contributed by atoms with Gasteiger partial charge >= 0.3 is 0 Å². The van der Waals surface area contributed by atoms with E-state index in [0.717, 1.165) is 58.2 Å². The molecular weight excluding hydrogens is 314 g/mol. The Morgan fingerprint density at radius 3 is 2.32 bits per heavy atom. The molecule has 25 heavy (non-hydrogen) atoms. The zero-order valence-corrected chi connectivity index (χ0v) is 15.7. The van der Waals surface area contributed by atoms with Gasteiger partial charge in [0.2, 0.25) is 0 Å². The number of nitrogens with one attached hydrogen (secondary N) is 1. The molecule has 5 heteroatoms. The number of carbonyl (C=O) groups excluding carboxylic acids is 1. The van der Waals surface area contributed by atoms with Gasteiger partial charge in [0, 0.05) is 32.7 Å². The van der Waals surface area contributed by atoms with Crippen LogP contribution in [0.2, 0.25) is 0 Å². The molecule has 3 rings (SSSR count). The number of amides is 1. The summed E-state index contributed by atoms with van der Waals surface area (Å²) in [5.41, 5.74) is 2.49. The Kier molecular flexibility index (Phi) is 6.32. The average Bonchev–Trinajstić information content (AvgIpc) is 3.10. The molecule has 1 aromatic carbocycles. The number of rotatable bonds is 6. The van der Waals surface area contributed by atoms with Crippen LogP contribution in [0, 0.1) is 13.8 Å². The van der Waals surface area contributed by atoms with Crippen molar-refractivity contribution < 1.29 is 14.4 Å². The van der Waals surface area contributed by atoms with Crippen molar-refractivity contribution in [2.45, 2.75) is 26.7 Å². The van der Waals surface area contributed by atoms with Crippen LogP contribution in [-0.4, -0.2) is 74.7 Å². The summed E-state index contributed by atoms with van der Waals surface area (Å²) in [6, 6.07) is 6.36. The number of benzene rings is 1. The highest BCUT2D eigenvalue weighted by atomic mass is 16.5. The molecule has 0 saturated carbocycles. The second-order valence-corrected chi connectivity index (χ2v) is 7.53. The number of quaternary nitrogens is 1. The Bertz CT molecular complexity index is 556. The molecule has 2 aliphatic heterocycles. The van der Waals surface area contributed by atoms with E-state index in [9.17, 15) is 4.79 Å². The molecule has 2 heterocycles. The van der Waals surface area contributed by atoms with Crippen molar-refractivity contribution in [3.63, 3.8) is 0 Å². The minimum atomic E-state index is 0.346. The second-order valence-electron chi connectivity index (χ2n) is 7.53. The van der Waals surface area contributed by atoms with Crippen molar-refractivity contribution in [3.05, 3.63) is 29.3 Å². The lowest BCUT2D eigenvalue weighted by atomic mass is 10.1. The maximum Gasteiger partial charge on any atom is 0.277 e. The van der Waals surface area contributed by atoms with Gasteiger partial charge in [-0.3, -0.25) is 9.69 Å². The number of carbonyl (C=O) groups is 1. The molecule has 0 spiro atoms. The highest BCUT2D eigenvalue weighted by Crippen LogP contribution is 2.16. The predicted molar refractivity (Wildman–Crippen MR) is 99.2 cm³/mol. The van der Waals surface area contributed by atoms with Crippen LogP contribution in [0.25, 0.3) is 0 Å². The van der Waals surface area contributed by atoms with Gasteiger partial charge in [-0.25, -0.2) is 0 Å². The Labute approximate surface area is 151 Å². The largest absolute Gasteiger partial charge is 0.492 e. The molecule has 1 N–H and O–H groups in total. The predicted octanol–water partition coefficient (Wildman–Crippen LogP) is 0.505. The Morgan fingerprint density at radius 2 is 1.68 bits per heavy atom. The summed E-state index contributed by atoms with van der Waals surface area (Å²) in [4.78, 5) is 18.2. The van der Waals surface area contributed by atoms with Crippen LogP contribution >= 0.6 is 0 Å². The zero-order chi connectivity index (χ0) is 17.6. The summed E-state index contributed by atoms with van der Waals surface area (Å²) in [7, 11) is 0. The number of nitrogens with zero attached hydrogens (tertiary/aromatic N) is 2. The van der Waals surface area contributed by atoms with Crippen molar-refractivity contribution >= 4 is 5.91 Å². The van der Waals surface area contributed by atoms with Gasteiger partial charge < -0.3 is 14.5 Å². The fourth-order valence-electron chi connectivity index (χ4n) is 3.87. The molecule has 0 bridgehead atoms. The summed E-state index contributed by atoms with van der Waals surface area (Å²) in [5.74, 6) is 1.32. The first-order valence-electron chi connectivity index (χ1n) is 9.65. The zero-order valence-electron chi connectivity index (χ0n) is 15.7. The number of hydrogen-bond donors (Lipinski definition) is 1. The smallest absolute Gasteiger partial charge is 0.277 e. The van der Waals surface area contributed by atoms with Gasteiger partial charge in [-0.15, -0.1) is 0 Å². The molecule has 2 aliphatic rings. The topological polar surface area (TPSA) is 37.2 Å². The molecule has 0 aromatic heterocycles. The van der Waals surface area contributed by atoms with Gasteiger partial charge in [0.05, 0.1) is 13.1 Å². The van der Waals surface area contributed by atoms with E-state index >= 15 is 0 Å². The van der Waals surface area contributed by atoms with Gasteiger partial charge in [0.25, 0.3) is 5.91 Å². The van der Waals surface area contributed by atoms with Gasteiger partial charge in [-0.1, -0.05) is 6.07 Å². The standard InChI is InChI=1S/C20H31N3O2/c1-17-13-18(2)15-19(14-17)25-12-11-21-7-9-22(10-8-21)16-20(24)23-5-3-4-6-23/h13-15H,3-12,16H2,1-2H3/p+1. The van der Waals surface area contributed by atoms with Crippen molar-refractivity contribution in [1.82, 2.24) is 9.80 Å². The van der Waals surface area contributed by atoms with Crippen LogP contribution in [0.5, 0.6) is 5.75 Å². The molecule has 0 unspecified atom stereocenters. The monoisotopic (exact) mass is 346 g/mol. The lowest BCUT2D eigenvalue weighted by Crippen LogP contribution is -3.15. The van der Waals surface area contributed by atoms with Crippen molar-refractivity contribution in [1.29, 1.82) is 0 Å². The maximum absolute atomic E-state index is 12.3. The SMILES string of the molecule is Cc1cc(C)cc(OCCN2CC[NH+](CC(=O)N3CCCC3)CC2)c1. The number of likely N-dealkylation sites (tertiary alicyclic amines) is 1. The van der Waals surface area contributed by atoms with E-state index in [0.29, 0.717) is 12.5 Å². The summed E-state index contributed by atoms with van der Waals surface area (Å²) >= 11 is 0. The fraction of sp³-hybridized carbons (Fsp3) is 0.650. The lowest BCUT2D eigenvalue weighted by molar-refractivity contribution is -0.896. The van der Waals surface area contributed by atoms with E-state index in [1.54, 1.807) is 0 Å². The van der Waals surface area contributed by atoms with E-state index in [1.165, 1.54) is 28.9 Å². The van der Waals surface area contributed by atoms with Crippen LogP contribution < -0.4 is 9.64 Å². The molecule has 0 aliphatic carbocycles. The van der Waals surface area contributed by atoms with Crippen LogP contribution in [-0.2, 0) is 4.79 Å². The third-order valence-corrected chi connectivity index (χ3v) is 5.29.